The van der Waals surface area contributed by atoms with Gasteiger partial charge in [-0.3, -0.25) is 10.1 Å². The smallest absolute Gasteiger partial charge is 0.437 e. The number of ether oxygens (including phenoxy) is 2. The van der Waals surface area contributed by atoms with Crippen LogP contribution in [0.3, 0.4) is 0 Å². The van der Waals surface area contributed by atoms with Gasteiger partial charge in [-0.25, -0.2) is 9.59 Å². The topological polar surface area (TPSA) is 122 Å². The number of nitrogens with zero attached hydrogens (tertiary/aromatic N) is 1. The molecular weight excluding hydrogens is 350 g/mol. The third kappa shape index (κ3) is 9.60. The van der Waals surface area contributed by atoms with Crippen LogP contribution >= 0.6 is 0 Å². The molecule has 0 saturated carbocycles. The van der Waals surface area contributed by atoms with Gasteiger partial charge in [0.2, 0.25) is 0 Å². The standard InChI is InChI=1S/C19H28N3O5/c1-18(2,3)26-16(24)21-13-9-7-12(8-10-13)11-14(20)15(23)22-17(25)27-19(4,5)6/h7-10,14H,11,20H2,1-6H3,(H,21,24)/t14-/m0/s1. The van der Waals surface area contributed by atoms with E-state index in [0.717, 1.165) is 5.56 Å². The van der Waals surface area contributed by atoms with E-state index in [1.54, 1.807) is 65.8 Å². The van der Waals surface area contributed by atoms with Crippen LogP contribution in [0.25, 0.3) is 0 Å². The van der Waals surface area contributed by atoms with E-state index in [4.69, 9.17) is 15.2 Å². The summed E-state index contributed by atoms with van der Waals surface area (Å²) >= 11 is 0. The first kappa shape index (κ1) is 22.4. The number of hydrogen-bond donors (Lipinski definition) is 2. The molecule has 0 saturated heterocycles. The second-order valence-electron chi connectivity index (χ2n) is 8.06. The number of anilines is 1. The summed E-state index contributed by atoms with van der Waals surface area (Å²) in [5, 5.41) is 5.96. The first-order valence-electron chi connectivity index (χ1n) is 8.58. The van der Waals surface area contributed by atoms with Gasteiger partial charge < -0.3 is 15.2 Å². The van der Waals surface area contributed by atoms with Crippen LogP contribution in [0.1, 0.15) is 47.1 Å². The summed E-state index contributed by atoms with van der Waals surface area (Å²) < 4.78 is 10.1. The van der Waals surface area contributed by atoms with E-state index in [2.05, 4.69) is 10.6 Å². The average molecular weight is 378 g/mol. The highest BCUT2D eigenvalue weighted by molar-refractivity contribution is 5.94. The second-order valence-corrected chi connectivity index (χ2v) is 8.06. The lowest BCUT2D eigenvalue weighted by atomic mass is 10.1. The number of imide groups is 1. The summed E-state index contributed by atoms with van der Waals surface area (Å²) in [4.78, 5) is 35.2. The Morgan fingerprint density at radius 2 is 1.52 bits per heavy atom. The number of carbonyl (C=O) groups is 3. The summed E-state index contributed by atoms with van der Waals surface area (Å²) in [7, 11) is 0. The van der Waals surface area contributed by atoms with Crippen molar-refractivity contribution >= 4 is 23.8 Å². The number of nitrogens with two attached hydrogens (primary N) is 1. The highest BCUT2D eigenvalue weighted by atomic mass is 16.6. The van der Waals surface area contributed by atoms with E-state index in [1.165, 1.54) is 0 Å². The minimum absolute atomic E-state index is 0.192. The molecule has 0 bridgehead atoms. The number of amides is 3. The monoisotopic (exact) mass is 378 g/mol. The van der Waals surface area contributed by atoms with Crippen LogP contribution in [-0.4, -0.2) is 35.3 Å². The van der Waals surface area contributed by atoms with Crippen LogP contribution in [0, 0.1) is 0 Å². The summed E-state index contributed by atoms with van der Waals surface area (Å²) in [6, 6.07) is 5.80. The molecule has 1 aromatic rings. The lowest BCUT2D eigenvalue weighted by Gasteiger charge is -2.19. The van der Waals surface area contributed by atoms with E-state index in [1.807, 2.05) is 0 Å². The molecule has 8 heteroatoms. The van der Waals surface area contributed by atoms with Crippen molar-refractivity contribution in [2.24, 2.45) is 5.73 Å². The van der Waals surface area contributed by atoms with Gasteiger partial charge in [0.1, 0.15) is 11.2 Å². The molecule has 3 N–H and O–H groups in total. The quantitative estimate of drug-likeness (QED) is 0.830. The van der Waals surface area contributed by atoms with Crippen LogP contribution < -0.4 is 16.4 Å². The van der Waals surface area contributed by atoms with Crippen molar-refractivity contribution in [2.45, 2.75) is 65.2 Å². The zero-order chi connectivity index (χ0) is 20.8. The maximum Gasteiger partial charge on any atom is 0.437 e. The Morgan fingerprint density at radius 1 is 1.00 bits per heavy atom. The molecule has 1 rings (SSSR count). The average Bonchev–Trinajstić information content (AvgIpc) is 2.45. The minimum Gasteiger partial charge on any atom is -0.444 e. The van der Waals surface area contributed by atoms with Crippen molar-refractivity contribution in [2.75, 3.05) is 5.32 Å². The summed E-state index contributed by atoms with van der Waals surface area (Å²) in [5.41, 5.74) is 5.79. The van der Waals surface area contributed by atoms with Gasteiger partial charge in [-0.15, -0.1) is 5.32 Å². The number of carbonyl (C=O) groups excluding carboxylic acids is 3. The highest BCUT2D eigenvalue weighted by Crippen LogP contribution is 2.14. The van der Waals surface area contributed by atoms with Crippen molar-refractivity contribution in [3.05, 3.63) is 29.8 Å². The van der Waals surface area contributed by atoms with Gasteiger partial charge in [0.25, 0.3) is 5.91 Å². The molecule has 0 aromatic heterocycles. The SMILES string of the molecule is CC(C)(C)OC(=O)[N]C(=O)[C@@H](N)Cc1ccc(NC(=O)OC(C)(C)C)cc1. The summed E-state index contributed by atoms with van der Waals surface area (Å²) in [5.74, 6) is -0.750. The maximum atomic E-state index is 11.9. The molecule has 149 valence electrons. The molecule has 0 fully saturated rings. The lowest BCUT2D eigenvalue weighted by molar-refractivity contribution is -0.122. The number of benzene rings is 1. The molecule has 1 atom stereocenters. The van der Waals surface area contributed by atoms with Gasteiger partial charge in [0, 0.05) is 5.69 Å². The maximum absolute atomic E-state index is 11.9. The molecule has 0 aliphatic heterocycles. The minimum atomic E-state index is -0.970. The van der Waals surface area contributed by atoms with E-state index >= 15 is 0 Å². The third-order valence-corrected chi connectivity index (χ3v) is 2.97. The first-order valence-corrected chi connectivity index (χ1v) is 8.58. The van der Waals surface area contributed by atoms with Crippen LogP contribution in [0.2, 0.25) is 0 Å². The molecule has 27 heavy (non-hydrogen) atoms. The molecule has 0 unspecified atom stereocenters. The Bertz CT molecular complexity index is 672. The Kier molecular flexibility index (Phi) is 7.36. The normalized spacial score (nSPS) is 12.7. The van der Waals surface area contributed by atoms with E-state index in [-0.39, 0.29) is 6.42 Å². The first-order chi connectivity index (χ1) is 12.2. The second kappa shape index (κ2) is 8.85. The van der Waals surface area contributed by atoms with Crippen molar-refractivity contribution < 1.29 is 23.9 Å². The summed E-state index contributed by atoms with van der Waals surface area (Å²) in [6.45, 7) is 10.4. The number of hydrogen-bond acceptors (Lipinski definition) is 6. The van der Waals surface area contributed by atoms with Crippen molar-refractivity contribution in [1.82, 2.24) is 5.32 Å². The molecule has 0 aliphatic carbocycles. The zero-order valence-electron chi connectivity index (χ0n) is 16.7. The molecule has 3 amide bonds. The van der Waals surface area contributed by atoms with Crippen LogP contribution in [0.15, 0.2) is 24.3 Å². The number of nitrogens with one attached hydrogen (secondary N) is 1. The van der Waals surface area contributed by atoms with Crippen molar-refractivity contribution in [3.8, 4) is 0 Å². The Labute approximate surface area is 159 Å². The van der Waals surface area contributed by atoms with Gasteiger partial charge in [-0.2, -0.15) is 0 Å². The predicted molar refractivity (Wildman–Crippen MR) is 101 cm³/mol. The van der Waals surface area contributed by atoms with Gasteiger partial charge in [-0.1, -0.05) is 12.1 Å². The van der Waals surface area contributed by atoms with Gasteiger partial charge >= 0.3 is 12.2 Å². The molecule has 0 heterocycles. The van der Waals surface area contributed by atoms with Crippen molar-refractivity contribution in [3.63, 3.8) is 0 Å². The molecule has 0 aliphatic rings. The summed E-state index contributed by atoms with van der Waals surface area (Å²) in [6.07, 6.45) is -1.32. The van der Waals surface area contributed by atoms with Gasteiger partial charge in [-0.05, 0) is 65.7 Å². The number of rotatable bonds is 4. The van der Waals surface area contributed by atoms with Gasteiger partial charge in [0.05, 0.1) is 6.04 Å². The highest BCUT2D eigenvalue weighted by Gasteiger charge is 2.23. The largest absolute Gasteiger partial charge is 0.444 e. The third-order valence-electron chi connectivity index (χ3n) is 2.97. The molecular formula is C19H28N3O5. The van der Waals surface area contributed by atoms with Crippen LogP contribution in [-0.2, 0) is 20.7 Å². The van der Waals surface area contributed by atoms with Gasteiger partial charge in [0.15, 0.2) is 0 Å². The fourth-order valence-corrected chi connectivity index (χ4v) is 1.94. The van der Waals surface area contributed by atoms with Crippen molar-refractivity contribution in [1.29, 1.82) is 0 Å². The van der Waals surface area contributed by atoms with E-state index in [0.29, 0.717) is 5.69 Å². The predicted octanol–water partition coefficient (Wildman–Crippen LogP) is 2.97. The van der Waals surface area contributed by atoms with E-state index < -0.39 is 35.3 Å². The molecule has 1 aromatic carbocycles. The fraction of sp³-hybridized carbons (Fsp3) is 0.526. The molecule has 8 nitrogen and oxygen atoms in total. The van der Waals surface area contributed by atoms with Crippen LogP contribution in [0.4, 0.5) is 15.3 Å². The zero-order valence-corrected chi connectivity index (χ0v) is 16.7. The Hall–Kier alpha value is -2.61. The Morgan fingerprint density at radius 3 is 2.00 bits per heavy atom. The lowest BCUT2D eigenvalue weighted by Crippen LogP contribution is -2.42. The Balaban J connectivity index is 2.55. The van der Waals surface area contributed by atoms with Crippen LogP contribution in [0.5, 0.6) is 0 Å². The fourth-order valence-electron chi connectivity index (χ4n) is 1.94. The van der Waals surface area contributed by atoms with E-state index in [9.17, 15) is 14.4 Å². The molecule has 1 radical (unpaired) electrons. The molecule has 0 spiro atoms.